The molecule has 9 heteroatoms. The number of carbonyl (C=O) groups is 1. The van der Waals surface area contributed by atoms with Gasteiger partial charge in [-0.3, -0.25) is 0 Å². The molecule has 3 rings (SSSR count). The van der Waals surface area contributed by atoms with E-state index in [9.17, 15) is 22.4 Å². The third-order valence-electron chi connectivity index (χ3n) is 4.48. The first-order valence-corrected chi connectivity index (χ1v) is 8.14. The van der Waals surface area contributed by atoms with Gasteiger partial charge in [-0.2, -0.15) is 13.2 Å². The number of aryl methyl sites for hydroxylation is 1. The van der Waals surface area contributed by atoms with Crippen molar-refractivity contribution in [1.82, 2.24) is 9.88 Å². The summed E-state index contributed by atoms with van der Waals surface area (Å²) in [5.74, 6) is -1.11. The highest BCUT2D eigenvalue weighted by Crippen LogP contribution is 2.29. The van der Waals surface area contributed by atoms with Gasteiger partial charge in [0.2, 0.25) is 0 Å². The number of benzene rings is 1. The van der Waals surface area contributed by atoms with Crippen molar-refractivity contribution in [1.29, 1.82) is 0 Å². The molecule has 0 aliphatic carbocycles. The summed E-state index contributed by atoms with van der Waals surface area (Å²) in [7, 11) is 0. The van der Waals surface area contributed by atoms with Gasteiger partial charge < -0.3 is 19.7 Å². The minimum Gasteiger partial charge on any atom is -0.478 e. The van der Waals surface area contributed by atoms with Gasteiger partial charge in [-0.15, -0.1) is 0 Å². The van der Waals surface area contributed by atoms with E-state index >= 15 is 0 Å². The first-order valence-electron chi connectivity index (χ1n) is 8.14. The summed E-state index contributed by atoms with van der Waals surface area (Å²) in [6.07, 6.45) is -5.65. The van der Waals surface area contributed by atoms with Gasteiger partial charge in [0.1, 0.15) is 12.7 Å². The number of aromatic carboxylic acids is 1. The monoisotopic (exact) mass is 374 g/mol. The molecule has 2 atom stereocenters. The molecular weight excluding hydrogens is 356 g/mol. The number of carboxylic acid groups (broad SMARTS) is 1. The van der Waals surface area contributed by atoms with Gasteiger partial charge in [0.25, 0.3) is 0 Å². The Balaban J connectivity index is 1.97. The molecule has 142 valence electrons. The largest absolute Gasteiger partial charge is 0.478 e. The minimum atomic E-state index is -4.46. The molecule has 1 saturated heterocycles. The summed E-state index contributed by atoms with van der Waals surface area (Å²) in [6.45, 7) is -0.452. The van der Waals surface area contributed by atoms with E-state index in [0.717, 1.165) is 0 Å². The van der Waals surface area contributed by atoms with Crippen molar-refractivity contribution < 1.29 is 32.2 Å². The quantitative estimate of drug-likeness (QED) is 0.790. The van der Waals surface area contributed by atoms with E-state index < -0.39 is 31.0 Å². The second kappa shape index (κ2) is 7.24. The average Bonchev–Trinajstić information content (AvgIpc) is 2.91. The van der Waals surface area contributed by atoms with Crippen molar-refractivity contribution in [3.63, 3.8) is 0 Å². The van der Waals surface area contributed by atoms with Crippen LogP contribution in [0.1, 0.15) is 16.1 Å². The Morgan fingerprint density at radius 3 is 2.77 bits per heavy atom. The third-order valence-corrected chi connectivity index (χ3v) is 4.48. The predicted octanol–water partition coefficient (Wildman–Crippen LogP) is 2.77. The van der Waals surface area contributed by atoms with E-state index in [4.69, 9.17) is 9.84 Å². The number of halogens is 4. The van der Waals surface area contributed by atoms with Crippen LogP contribution in [-0.2, 0) is 17.7 Å². The van der Waals surface area contributed by atoms with Crippen molar-refractivity contribution in [2.75, 3.05) is 19.8 Å². The number of nitrogens with one attached hydrogen (secondary N) is 1. The van der Waals surface area contributed by atoms with Gasteiger partial charge in [-0.25, -0.2) is 9.18 Å². The molecule has 2 aromatic rings. The van der Waals surface area contributed by atoms with Gasteiger partial charge in [-0.05, 0) is 24.3 Å². The smallest absolute Gasteiger partial charge is 0.406 e. The van der Waals surface area contributed by atoms with Crippen LogP contribution in [0.3, 0.4) is 0 Å². The zero-order chi connectivity index (χ0) is 18.9. The zero-order valence-electron chi connectivity index (χ0n) is 13.7. The molecule has 0 amide bonds. The minimum absolute atomic E-state index is 0.0257. The number of morpholine rings is 1. The lowest BCUT2D eigenvalue weighted by molar-refractivity contribution is -0.195. The van der Waals surface area contributed by atoms with Crippen LogP contribution < -0.4 is 5.32 Å². The van der Waals surface area contributed by atoms with Crippen LogP contribution in [-0.4, -0.2) is 53.8 Å². The number of fused-ring (bicyclic) bond motifs is 1. The number of rotatable bonds is 5. The van der Waals surface area contributed by atoms with Crippen molar-refractivity contribution in [3.05, 3.63) is 35.5 Å². The molecule has 1 aliphatic rings. The van der Waals surface area contributed by atoms with Crippen LogP contribution in [0.25, 0.3) is 10.9 Å². The summed E-state index contributed by atoms with van der Waals surface area (Å²) >= 11 is 0. The molecule has 1 aliphatic heterocycles. The van der Waals surface area contributed by atoms with Gasteiger partial charge in [0, 0.05) is 29.6 Å². The molecule has 2 heterocycles. The van der Waals surface area contributed by atoms with Crippen molar-refractivity contribution in [3.8, 4) is 0 Å². The van der Waals surface area contributed by atoms with Gasteiger partial charge in [0.15, 0.2) is 0 Å². The van der Waals surface area contributed by atoms with E-state index in [0.29, 0.717) is 16.6 Å². The molecule has 1 fully saturated rings. The van der Waals surface area contributed by atoms with Gasteiger partial charge in [-0.1, -0.05) is 0 Å². The average molecular weight is 374 g/mol. The Hall–Kier alpha value is -2.13. The second-order valence-electron chi connectivity index (χ2n) is 6.14. The van der Waals surface area contributed by atoms with Gasteiger partial charge in [0.05, 0.1) is 24.8 Å². The maximum absolute atomic E-state index is 13.2. The molecule has 0 bridgehead atoms. The molecule has 1 aromatic carbocycles. The molecule has 2 N–H and O–H groups in total. The van der Waals surface area contributed by atoms with E-state index in [2.05, 4.69) is 5.32 Å². The standard InChI is InChI=1S/C17H18F4N2O3/c18-3-5-23-12(8-11-7-10(16(24)25)1-2-13(11)23)9-14-15(17(19,20)21)22-4-6-26-14/h1-2,7-8,14-15,22H,3-6,9H2,(H,24,25). The summed E-state index contributed by atoms with van der Waals surface area (Å²) in [4.78, 5) is 11.1. The fourth-order valence-electron chi connectivity index (χ4n) is 3.34. The van der Waals surface area contributed by atoms with Crippen molar-refractivity contribution in [2.24, 2.45) is 0 Å². The van der Waals surface area contributed by atoms with Crippen LogP contribution in [0.15, 0.2) is 24.3 Å². The van der Waals surface area contributed by atoms with Crippen LogP contribution in [0.5, 0.6) is 0 Å². The highest BCUT2D eigenvalue weighted by Gasteiger charge is 2.46. The molecule has 5 nitrogen and oxygen atoms in total. The third kappa shape index (κ3) is 3.68. The predicted molar refractivity (Wildman–Crippen MR) is 86.2 cm³/mol. The SMILES string of the molecule is O=C(O)c1ccc2c(c1)cc(CC1OCCNC1C(F)(F)F)n2CCF. The zero-order valence-corrected chi connectivity index (χ0v) is 13.7. The number of aromatic nitrogens is 1. The fraction of sp³-hybridized carbons (Fsp3) is 0.471. The summed E-state index contributed by atoms with van der Waals surface area (Å²) in [6, 6.07) is 4.15. The number of hydrogen-bond donors (Lipinski definition) is 2. The van der Waals surface area contributed by atoms with E-state index in [1.807, 2.05) is 0 Å². The Labute approximate surface area is 146 Å². The first-order chi connectivity index (χ1) is 12.3. The number of carboxylic acids is 1. The first kappa shape index (κ1) is 18.7. The number of ether oxygens (including phenoxy) is 1. The topological polar surface area (TPSA) is 63.5 Å². The van der Waals surface area contributed by atoms with Gasteiger partial charge >= 0.3 is 12.1 Å². The molecule has 2 unspecified atom stereocenters. The Kier molecular flexibility index (Phi) is 5.19. The van der Waals surface area contributed by atoms with E-state index in [1.165, 1.54) is 12.1 Å². The van der Waals surface area contributed by atoms with Crippen molar-refractivity contribution >= 4 is 16.9 Å². The molecule has 26 heavy (non-hydrogen) atoms. The van der Waals surface area contributed by atoms with E-state index in [1.54, 1.807) is 16.7 Å². The van der Waals surface area contributed by atoms with Crippen LogP contribution in [0.4, 0.5) is 17.6 Å². The summed E-state index contributed by atoms with van der Waals surface area (Å²) in [5.41, 5.74) is 1.11. The molecule has 0 radical (unpaired) electrons. The lowest BCUT2D eigenvalue weighted by atomic mass is 10.0. The summed E-state index contributed by atoms with van der Waals surface area (Å²) in [5, 5.41) is 12.1. The highest BCUT2D eigenvalue weighted by molar-refractivity contribution is 5.94. The van der Waals surface area contributed by atoms with E-state index in [-0.39, 0.29) is 31.7 Å². The summed E-state index contributed by atoms with van der Waals surface area (Å²) < 4.78 is 59.5. The van der Waals surface area contributed by atoms with Crippen LogP contribution >= 0.6 is 0 Å². The molecular formula is C17H18F4N2O3. The Morgan fingerprint density at radius 1 is 1.35 bits per heavy atom. The Morgan fingerprint density at radius 2 is 2.12 bits per heavy atom. The van der Waals surface area contributed by atoms with Crippen molar-refractivity contribution in [2.45, 2.75) is 31.3 Å². The lowest BCUT2D eigenvalue weighted by Crippen LogP contribution is -2.57. The molecule has 0 saturated carbocycles. The number of nitrogens with zero attached hydrogens (tertiary/aromatic N) is 1. The molecule has 1 aromatic heterocycles. The molecule has 0 spiro atoms. The maximum Gasteiger partial charge on any atom is 0.406 e. The lowest BCUT2D eigenvalue weighted by Gasteiger charge is -2.34. The maximum atomic E-state index is 13.2. The fourth-order valence-corrected chi connectivity index (χ4v) is 3.34. The second-order valence-corrected chi connectivity index (χ2v) is 6.14. The Bertz CT molecular complexity index is 803. The van der Waals surface area contributed by atoms with Crippen LogP contribution in [0.2, 0.25) is 0 Å². The van der Waals surface area contributed by atoms with Crippen LogP contribution in [0, 0.1) is 0 Å². The number of hydrogen-bond acceptors (Lipinski definition) is 3. The normalized spacial score (nSPS) is 21.2. The number of alkyl halides is 4. The highest BCUT2D eigenvalue weighted by atomic mass is 19.4.